The van der Waals surface area contributed by atoms with Crippen LogP contribution in [0, 0.1) is 0 Å². The van der Waals surface area contributed by atoms with Gasteiger partial charge >= 0.3 is 12.4 Å². The molecule has 4 nitrogen and oxygen atoms in total. The van der Waals surface area contributed by atoms with Gasteiger partial charge in [0.2, 0.25) is 0 Å². The van der Waals surface area contributed by atoms with E-state index in [1.54, 1.807) is 0 Å². The van der Waals surface area contributed by atoms with Gasteiger partial charge in [-0.1, -0.05) is 17.7 Å². The first-order valence-corrected chi connectivity index (χ1v) is 4.86. The number of anilines is 1. The van der Waals surface area contributed by atoms with E-state index in [0.29, 0.717) is 4.90 Å². The van der Waals surface area contributed by atoms with Gasteiger partial charge in [-0.3, -0.25) is 14.5 Å². The van der Waals surface area contributed by atoms with Crippen LogP contribution in [0.15, 0.2) is 24.3 Å². The van der Waals surface area contributed by atoms with Gasteiger partial charge in [0.1, 0.15) is 6.54 Å². The van der Waals surface area contributed by atoms with Gasteiger partial charge in [0, 0.05) is 10.7 Å². The first-order chi connectivity index (χ1) is 7.91. The van der Waals surface area contributed by atoms with E-state index in [2.05, 4.69) is 0 Å². The zero-order valence-electron chi connectivity index (χ0n) is 8.44. The van der Waals surface area contributed by atoms with Crippen molar-refractivity contribution in [1.29, 1.82) is 0 Å². The fraction of sp³-hybridized carbons (Fsp3) is 0.200. The second-order valence-corrected chi connectivity index (χ2v) is 3.54. The van der Waals surface area contributed by atoms with E-state index in [1.807, 2.05) is 0 Å². The van der Waals surface area contributed by atoms with Crippen LogP contribution in [0.3, 0.4) is 0 Å². The van der Waals surface area contributed by atoms with Gasteiger partial charge in [-0.05, 0) is 18.2 Å². The molecular formula is C10H8ClF2NO3. The lowest BCUT2D eigenvalue weighted by Gasteiger charge is -2.20. The number of hydrogen-bond acceptors (Lipinski definition) is 2. The lowest BCUT2D eigenvalue weighted by molar-refractivity contribution is -0.138. The third-order valence-electron chi connectivity index (χ3n) is 1.87. The SMILES string of the molecule is O=C(O)CN(C(=O)C(F)F)c1cccc(Cl)c1. The Balaban J connectivity index is 3.05. The number of carbonyl (C=O) groups is 2. The molecule has 0 unspecified atom stereocenters. The Hall–Kier alpha value is -1.69. The largest absolute Gasteiger partial charge is 0.480 e. The van der Waals surface area contributed by atoms with Crippen LogP contribution in [0.25, 0.3) is 0 Å². The Morgan fingerprint density at radius 3 is 2.53 bits per heavy atom. The van der Waals surface area contributed by atoms with Crippen molar-refractivity contribution in [3.05, 3.63) is 29.3 Å². The van der Waals surface area contributed by atoms with E-state index in [0.717, 1.165) is 0 Å². The Kier molecular flexibility index (Phi) is 4.39. The normalized spacial score (nSPS) is 10.4. The van der Waals surface area contributed by atoms with E-state index in [9.17, 15) is 18.4 Å². The monoisotopic (exact) mass is 263 g/mol. The highest BCUT2D eigenvalue weighted by molar-refractivity contribution is 6.31. The second kappa shape index (κ2) is 5.58. The molecule has 1 aromatic rings. The molecule has 0 saturated heterocycles. The smallest absolute Gasteiger partial charge is 0.323 e. The van der Waals surface area contributed by atoms with Crippen molar-refractivity contribution in [3.63, 3.8) is 0 Å². The quantitative estimate of drug-likeness (QED) is 0.904. The molecule has 1 rings (SSSR count). The summed E-state index contributed by atoms with van der Waals surface area (Å²) in [6.07, 6.45) is -3.27. The summed E-state index contributed by atoms with van der Waals surface area (Å²) in [5.41, 5.74) is 0.0187. The van der Waals surface area contributed by atoms with Gasteiger partial charge in [-0.25, -0.2) is 0 Å². The first-order valence-electron chi connectivity index (χ1n) is 4.48. The van der Waals surface area contributed by atoms with Crippen LogP contribution in [0.5, 0.6) is 0 Å². The van der Waals surface area contributed by atoms with Crippen molar-refractivity contribution >= 4 is 29.2 Å². The Bertz CT molecular complexity index is 439. The van der Waals surface area contributed by atoms with Gasteiger partial charge in [0.05, 0.1) is 0 Å². The van der Waals surface area contributed by atoms with Crippen LogP contribution < -0.4 is 4.90 Å². The van der Waals surface area contributed by atoms with E-state index in [1.165, 1.54) is 24.3 Å². The number of amides is 1. The van der Waals surface area contributed by atoms with Crippen molar-refractivity contribution in [2.45, 2.75) is 6.43 Å². The van der Waals surface area contributed by atoms with Crippen LogP contribution in [0.1, 0.15) is 0 Å². The van der Waals surface area contributed by atoms with Crippen LogP contribution >= 0.6 is 11.6 Å². The maximum absolute atomic E-state index is 12.3. The molecular weight excluding hydrogens is 256 g/mol. The van der Waals surface area contributed by atoms with E-state index < -0.39 is 24.8 Å². The highest BCUT2D eigenvalue weighted by atomic mass is 35.5. The van der Waals surface area contributed by atoms with Gasteiger partial charge in [-0.15, -0.1) is 0 Å². The van der Waals surface area contributed by atoms with Crippen LogP contribution in [-0.4, -0.2) is 30.0 Å². The van der Waals surface area contributed by atoms with Crippen molar-refractivity contribution in [3.8, 4) is 0 Å². The molecule has 0 aliphatic rings. The standard InChI is InChI=1S/C10H8ClF2NO3/c11-6-2-1-3-7(4-6)14(5-8(15)16)10(17)9(12)13/h1-4,9H,5H2,(H,15,16). The maximum atomic E-state index is 12.3. The topological polar surface area (TPSA) is 57.6 Å². The highest BCUT2D eigenvalue weighted by Crippen LogP contribution is 2.20. The fourth-order valence-corrected chi connectivity index (χ4v) is 1.38. The van der Waals surface area contributed by atoms with Gasteiger partial charge in [0.15, 0.2) is 0 Å². The predicted octanol–water partition coefficient (Wildman–Crippen LogP) is 2.02. The summed E-state index contributed by atoms with van der Waals surface area (Å²) < 4.78 is 24.6. The molecule has 17 heavy (non-hydrogen) atoms. The van der Waals surface area contributed by atoms with Gasteiger partial charge < -0.3 is 5.11 Å². The molecule has 0 atom stereocenters. The zero-order valence-corrected chi connectivity index (χ0v) is 9.19. The maximum Gasteiger partial charge on any atom is 0.323 e. The number of hydrogen-bond donors (Lipinski definition) is 1. The summed E-state index contributed by atoms with van der Waals surface area (Å²) in [7, 11) is 0. The number of aliphatic carboxylic acids is 1. The van der Waals surface area contributed by atoms with Crippen molar-refractivity contribution in [2.75, 3.05) is 11.4 Å². The molecule has 92 valence electrons. The van der Waals surface area contributed by atoms with E-state index in [-0.39, 0.29) is 10.7 Å². The molecule has 0 aromatic heterocycles. The highest BCUT2D eigenvalue weighted by Gasteiger charge is 2.26. The first kappa shape index (κ1) is 13.4. The molecule has 0 aliphatic carbocycles. The molecule has 1 amide bonds. The number of alkyl halides is 2. The Morgan fingerprint density at radius 1 is 1.41 bits per heavy atom. The third-order valence-corrected chi connectivity index (χ3v) is 2.10. The van der Waals surface area contributed by atoms with Crippen molar-refractivity contribution < 1.29 is 23.5 Å². The summed E-state index contributed by atoms with van der Waals surface area (Å²) in [5, 5.41) is 8.80. The minimum Gasteiger partial charge on any atom is -0.480 e. The Morgan fingerprint density at radius 2 is 2.06 bits per heavy atom. The molecule has 0 spiro atoms. The number of carboxylic acid groups (broad SMARTS) is 1. The molecule has 0 aliphatic heterocycles. The molecule has 0 heterocycles. The summed E-state index contributed by atoms with van der Waals surface area (Å²) in [5.74, 6) is -2.96. The number of benzene rings is 1. The number of halogens is 3. The lowest BCUT2D eigenvalue weighted by atomic mass is 10.2. The average molecular weight is 264 g/mol. The lowest BCUT2D eigenvalue weighted by Crippen LogP contribution is -2.39. The minimum atomic E-state index is -3.27. The van der Waals surface area contributed by atoms with Gasteiger partial charge in [-0.2, -0.15) is 8.78 Å². The number of carboxylic acids is 1. The van der Waals surface area contributed by atoms with Crippen molar-refractivity contribution in [2.24, 2.45) is 0 Å². The summed E-state index contributed by atoms with van der Waals surface area (Å²) >= 11 is 5.64. The molecule has 0 bridgehead atoms. The summed E-state index contributed by atoms with van der Waals surface area (Å²) in [6.45, 7) is -0.844. The minimum absolute atomic E-state index is 0.0187. The number of carbonyl (C=O) groups excluding carboxylic acids is 1. The van der Waals surface area contributed by atoms with Gasteiger partial charge in [0.25, 0.3) is 5.91 Å². The van der Waals surface area contributed by atoms with Crippen LogP contribution in [0.4, 0.5) is 14.5 Å². The molecule has 0 radical (unpaired) electrons. The second-order valence-electron chi connectivity index (χ2n) is 3.10. The molecule has 7 heteroatoms. The van der Waals surface area contributed by atoms with Crippen LogP contribution in [-0.2, 0) is 9.59 Å². The van der Waals surface area contributed by atoms with E-state index in [4.69, 9.17) is 16.7 Å². The fourth-order valence-electron chi connectivity index (χ4n) is 1.19. The molecule has 0 saturated carbocycles. The third kappa shape index (κ3) is 3.67. The zero-order chi connectivity index (χ0) is 13.0. The predicted molar refractivity (Wildman–Crippen MR) is 57.4 cm³/mol. The summed E-state index contributed by atoms with van der Waals surface area (Å²) in [4.78, 5) is 22.2. The molecule has 0 fully saturated rings. The average Bonchev–Trinajstić information content (AvgIpc) is 2.24. The number of rotatable bonds is 4. The summed E-state index contributed by atoms with van der Waals surface area (Å²) in [6, 6.07) is 5.49. The van der Waals surface area contributed by atoms with Crippen LogP contribution in [0.2, 0.25) is 5.02 Å². The molecule has 1 N–H and O–H groups in total. The van der Waals surface area contributed by atoms with E-state index >= 15 is 0 Å². The van der Waals surface area contributed by atoms with Crippen molar-refractivity contribution in [1.82, 2.24) is 0 Å². The molecule has 1 aromatic carbocycles. The number of nitrogens with zero attached hydrogens (tertiary/aromatic N) is 1. The Labute approximate surface area is 100 Å².